The monoisotopic (exact) mass is 386 g/mol. The molecule has 6 heteroatoms. The van der Waals surface area contributed by atoms with E-state index in [-0.39, 0.29) is 18.3 Å². The van der Waals surface area contributed by atoms with Crippen LogP contribution in [-0.4, -0.2) is 37.0 Å². The van der Waals surface area contributed by atoms with Gasteiger partial charge in [-0.15, -0.1) is 12.4 Å². The van der Waals surface area contributed by atoms with Gasteiger partial charge in [-0.05, 0) is 31.2 Å². The van der Waals surface area contributed by atoms with Gasteiger partial charge in [0.15, 0.2) is 5.76 Å². The number of ether oxygens (including phenoxy) is 1. The van der Waals surface area contributed by atoms with Crippen molar-refractivity contribution in [3.63, 3.8) is 0 Å². The smallest absolute Gasteiger partial charge is 0.290 e. The third-order valence-electron chi connectivity index (χ3n) is 4.65. The lowest BCUT2D eigenvalue weighted by atomic mass is 10.1. The van der Waals surface area contributed by atoms with Crippen LogP contribution in [0.2, 0.25) is 0 Å². The van der Waals surface area contributed by atoms with Gasteiger partial charge in [-0.3, -0.25) is 4.79 Å². The van der Waals surface area contributed by atoms with Gasteiger partial charge in [-0.2, -0.15) is 0 Å². The van der Waals surface area contributed by atoms with E-state index in [4.69, 9.17) is 9.15 Å². The first-order chi connectivity index (χ1) is 12.8. The average Bonchev–Trinajstić information content (AvgIpc) is 2.85. The lowest BCUT2D eigenvalue weighted by Gasteiger charge is -2.19. The first-order valence-electron chi connectivity index (χ1n) is 9.01. The zero-order valence-corrected chi connectivity index (χ0v) is 15.8. The van der Waals surface area contributed by atoms with Crippen molar-refractivity contribution in [3.05, 3.63) is 65.9 Å². The molecule has 1 fully saturated rings. The molecular weight excluding hydrogens is 364 g/mol. The van der Waals surface area contributed by atoms with Crippen molar-refractivity contribution in [2.45, 2.75) is 13.0 Å². The predicted molar refractivity (Wildman–Crippen MR) is 108 cm³/mol. The zero-order chi connectivity index (χ0) is 17.8. The van der Waals surface area contributed by atoms with E-state index in [1.54, 1.807) is 0 Å². The van der Waals surface area contributed by atoms with Crippen LogP contribution in [0.5, 0.6) is 5.75 Å². The Bertz CT molecular complexity index is 887. The number of fused-ring (bicyclic) bond motifs is 1. The molecule has 142 valence electrons. The Morgan fingerprint density at radius 1 is 1.04 bits per heavy atom. The van der Waals surface area contributed by atoms with Gasteiger partial charge in [0.25, 0.3) is 5.91 Å². The standard InChI is InChI=1S/C21H22N2O3.ClH/c24-21(23-13-6-11-22-12-14-23)20-18(15-25-16-7-2-1-3-8-16)17-9-4-5-10-19(17)26-20;/h1-5,7-10,22H,6,11-15H2;1H. The normalized spacial score (nSPS) is 14.4. The molecule has 0 radical (unpaired) electrons. The third kappa shape index (κ3) is 4.26. The van der Waals surface area contributed by atoms with Crippen LogP contribution in [0.1, 0.15) is 22.5 Å². The highest BCUT2D eigenvalue weighted by atomic mass is 35.5. The Balaban J connectivity index is 0.00000210. The number of para-hydroxylation sites is 2. The Kier molecular flexibility index (Phi) is 6.37. The number of carbonyl (C=O) groups is 1. The van der Waals surface area contributed by atoms with Crippen molar-refractivity contribution >= 4 is 29.3 Å². The summed E-state index contributed by atoms with van der Waals surface area (Å²) < 4.78 is 11.9. The summed E-state index contributed by atoms with van der Waals surface area (Å²) in [5.74, 6) is 1.11. The maximum atomic E-state index is 13.1. The molecule has 27 heavy (non-hydrogen) atoms. The Morgan fingerprint density at radius 3 is 2.67 bits per heavy atom. The number of hydrogen-bond donors (Lipinski definition) is 1. The lowest BCUT2D eigenvalue weighted by molar-refractivity contribution is 0.0733. The van der Waals surface area contributed by atoms with Crippen LogP contribution in [0.15, 0.2) is 59.0 Å². The van der Waals surface area contributed by atoms with E-state index in [1.165, 1.54) is 0 Å². The molecule has 5 nitrogen and oxygen atoms in total. The summed E-state index contributed by atoms with van der Waals surface area (Å²) in [4.78, 5) is 15.0. The summed E-state index contributed by atoms with van der Waals surface area (Å²) in [5, 5.41) is 4.25. The first kappa shape index (κ1) is 19.3. The second kappa shape index (κ2) is 8.93. The van der Waals surface area contributed by atoms with Gasteiger partial charge >= 0.3 is 0 Å². The fourth-order valence-electron chi connectivity index (χ4n) is 3.28. The fraction of sp³-hybridized carbons (Fsp3) is 0.286. The number of nitrogens with zero attached hydrogens (tertiary/aromatic N) is 1. The number of benzene rings is 2. The summed E-state index contributed by atoms with van der Waals surface area (Å²) in [7, 11) is 0. The molecule has 1 aliphatic heterocycles. The number of hydrogen-bond acceptors (Lipinski definition) is 4. The lowest BCUT2D eigenvalue weighted by Crippen LogP contribution is -2.34. The Labute approximate surface area is 164 Å². The summed E-state index contributed by atoms with van der Waals surface area (Å²) in [6, 6.07) is 17.4. The van der Waals surface area contributed by atoms with Crippen LogP contribution < -0.4 is 10.1 Å². The molecule has 4 rings (SSSR count). The zero-order valence-electron chi connectivity index (χ0n) is 15.0. The number of nitrogens with one attached hydrogen (secondary N) is 1. The van der Waals surface area contributed by atoms with Gasteiger partial charge in [0, 0.05) is 30.6 Å². The van der Waals surface area contributed by atoms with Gasteiger partial charge in [0.05, 0.1) is 0 Å². The van der Waals surface area contributed by atoms with E-state index in [2.05, 4.69) is 5.32 Å². The molecule has 1 aromatic heterocycles. The summed E-state index contributed by atoms with van der Waals surface area (Å²) in [6.45, 7) is 3.47. The number of rotatable bonds is 4. The largest absolute Gasteiger partial charge is 0.489 e. The fourth-order valence-corrected chi connectivity index (χ4v) is 3.28. The minimum absolute atomic E-state index is 0. The highest BCUT2D eigenvalue weighted by molar-refractivity contribution is 5.99. The van der Waals surface area contributed by atoms with E-state index in [9.17, 15) is 4.79 Å². The second-order valence-corrected chi connectivity index (χ2v) is 6.40. The van der Waals surface area contributed by atoms with Crippen molar-refractivity contribution in [1.29, 1.82) is 0 Å². The summed E-state index contributed by atoms with van der Waals surface area (Å²) >= 11 is 0. The molecule has 1 N–H and O–H groups in total. The Morgan fingerprint density at radius 2 is 1.81 bits per heavy atom. The average molecular weight is 387 g/mol. The van der Waals surface area contributed by atoms with Crippen molar-refractivity contribution in [3.8, 4) is 5.75 Å². The SMILES string of the molecule is Cl.O=C(c1oc2ccccc2c1COc1ccccc1)N1CCCNCC1. The minimum atomic E-state index is -0.0587. The molecule has 0 unspecified atom stereocenters. The highest BCUT2D eigenvalue weighted by Crippen LogP contribution is 2.28. The second-order valence-electron chi connectivity index (χ2n) is 6.40. The molecule has 2 heterocycles. The summed E-state index contributed by atoms with van der Waals surface area (Å²) in [6.07, 6.45) is 0.946. The molecule has 1 amide bonds. The van der Waals surface area contributed by atoms with E-state index in [0.29, 0.717) is 18.9 Å². The van der Waals surface area contributed by atoms with Crippen molar-refractivity contribution < 1.29 is 13.9 Å². The van der Waals surface area contributed by atoms with Crippen LogP contribution in [0.4, 0.5) is 0 Å². The number of furan rings is 1. The van der Waals surface area contributed by atoms with E-state index >= 15 is 0 Å². The predicted octanol–water partition coefficient (Wildman–Crippen LogP) is 3.87. The highest BCUT2D eigenvalue weighted by Gasteiger charge is 2.26. The van der Waals surface area contributed by atoms with Gasteiger partial charge in [0.1, 0.15) is 17.9 Å². The molecule has 1 aliphatic rings. The van der Waals surface area contributed by atoms with Gasteiger partial charge < -0.3 is 19.4 Å². The van der Waals surface area contributed by atoms with Gasteiger partial charge in [-0.25, -0.2) is 0 Å². The van der Waals surface area contributed by atoms with Crippen LogP contribution in [0.25, 0.3) is 11.0 Å². The molecular formula is C21H23ClN2O3. The third-order valence-corrected chi connectivity index (χ3v) is 4.65. The van der Waals surface area contributed by atoms with Crippen LogP contribution in [-0.2, 0) is 6.61 Å². The van der Waals surface area contributed by atoms with Crippen LogP contribution in [0.3, 0.4) is 0 Å². The van der Waals surface area contributed by atoms with Crippen LogP contribution >= 0.6 is 12.4 Å². The molecule has 1 saturated heterocycles. The van der Waals surface area contributed by atoms with Gasteiger partial charge in [0.2, 0.25) is 0 Å². The molecule has 3 aromatic rings. The molecule has 0 atom stereocenters. The number of amides is 1. The van der Waals surface area contributed by atoms with Crippen LogP contribution in [0, 0.1) is 0 Å². The maximum absolute atomic E-state index is 13.1. The Hall–Kier alpha value is -2.50. The van der Waals surface area contributed by atoms with Crippen molar-refractivity contribution in [1.82, 2.24) is 10.2 Å². The molecule has 0 aliphatic carbocycles. The minimum Gasteiger partial charge on any atom is -0.489 e. The van der Waals surface area contributed by atoms with E-state index in [1.807, 2.05) is 59.5 Å². The number of halogens is 1. The first-order valence-corrected chi connectivity index (χ1v) is 9.01. The van der Waals surface area contributed by atoms with E-state index in [0.717, 1.165) is 48.3 Å². The molecule has 2 aromatic carbocycles. The molecule has 0 bridgehead atoms. The maximum Gasteiger partial charge on any atom is 0.290 e. The van der Waals surface area contributed by atoms with E-state index < -0.39 is 0 Å². The van der Waals surface area contributed by atoms with Crippen molar-refractivity contribution in [2.75, 3.05) is 26.2 Å². The van der Waals surface area contributed by atoms with Gasteiger partial charge in [-0.1, -0.05) is 36.4 Å². The molecule has 0 spiro atoms. The molecule has 0 saturated carbocycles. The topological polar surface area (TPSA) is 54.7 Å². The summed E-state index contributed by atoms with van der Waals surface area (Å²) in [5.41, 5.74) is 1.53. The van der Waals surface area contributed by atoms with Crippen molar-refractivity contribution in [2.24, 2.45) is 0 Å². The quantitative estimate of drug-likeness (QED) is 0.739. The number of carbonyl (C=O) groups excluding carboxylic acids is 1.